The van der Waals surface area contributed by atoms with Crippen LogP contribution in [0.1, 0.15) is 48.7 Å². The van der Waals surface area contributed by atoms with E-state index in [0.717, 1.165) is 5.56 Å². The van der Waals surface area contributed by atoms with Crippen LogP contribution in [0, 0.1) is 0 Å². The molecule has 5 nitrogen and oxygen atoms in total. The first-order chi connectivity index (χ1) is 13.9. The number of hydrogen-bond donors (Lipinski definition) is 1. The zero-order chi connectivity index (χ0) is 22.3. The molecule has 30 heavy (non-hydrogen) atoms. The fraction of sp³-hybridized carbons (Fsp3) is 0.364. The van der Waals surface area contributed by atoms with E-state index in [4.69, 9.17) is 4.74 Å². The minimum absolute atomic E-state index is 0.0736. The number of hydrazone groups is 1. The molecule has 2 aromatic carbocycles. The van der Waals surface area contributed by atoms with Crippen LogP contribution in [-0.4, -0.2) is 35.0 Å². The van der Waals surface area contributed by atoms with Crippen molar-refractivity contribution in [2.75, 3.05) is 7.11 Å². The molecule has 0 aromatic heterocycles. The van der Waals surface area contributed by atoms with Gasteiger partial charge in [-0.05, 0) is 35.2 Å². The Labute approximate surface area is 172 Å². The second kappa shape index (κ2) is 7.43. The lowest BCUT2D eigenvalue weighted by Crippen LogP contribution is -2.43. The molecule has 8 heteroatoms. The van der Waals surface area contributed by atoms with Gasteiger partial charge in [-0.15, -0.1) is 0 Å². The predicted molar refractivity (Wildman–Crippen MR) is 106 cm³/mol. The number of ether oxygens (including phenoxy) is 1. The zero-order valence-corrected chi connectivity index (χ0v) is 17.1. The molecule has 3 rings (SSSR count). The number of carbonyl (C=O) groups is 1. The molecule has 0 saturated heterocycles. The van der Waals surface area contributed by atoms with Gasteiger partial charge in [-0.1, -0.05) is 45.0 Å². The van der Waals surface area contributed by atoms with E-state index >= 15 is 0 Å². The van der Waals surface area contributed by atoms with Gasteiger partial charge < -0.3 is 9.84 Å². The molecule has 1 aliphatic rings. The monoisotopic (exact) mass is 420 g/mol. The van der Waals surface area contributed by atoms with Crippen LogP contribution in [0.3, 0.4) is 0 Å². The SMILES string of the molecule is COc1cccc(C2(O)CC(C(F)(F)F)=NN2C(=O)c2ccc(C(C)(C)C)cc2)c1. The highest BCUT2D eigenvalue weighted by Crippen LogP contribution is 2.41. The topological polar surface area (TPSA) is 62.1 Å². The summed E-state index contributed by atoms with van der Waals surface area (Å²) >= 11 is 0. The fourth-order valence-corrected chi connectivity index (χ4v) is 3.25. The fourth-order valence-electron chi connectivity index (χ4n) is 3.25. The molecule has 1 amide bonds. The van der Waals surface area contributed by atoms with Crippen LogP contribution < -0.4 is 4.74 Å². The number of benzene rings is 2. The maximum absolute atomic E-state index is 13.4. The Hall–Kier alpha value is -2.87. The number of aliphatic hydroxyl groups is 1. The molecule has 1 atom stereocenters. The summed E-state index contributed by atoms with van der Waals surface area (Å²) in [7, 11) is 1.40. The maximum atomic E-state index is 13.4. The minimum Gasteiger partial charge on any atom is -0.497 e. The molecule has 0 radical (unpaired) electrons. The Kier molecular flexibility index (Phi) is 5.41. The number of nitrogens with zero attached hydrogens (tertiary/aromatic N) is 2. The smallest absolute Gasteiger partial charge is 0.431 e. The summed E-state index contributed by atoms with van der Waals surface area (Å²) in [6.07, 6.45) is -5.66. The van der Waals surface area contributed by atoms with Crippen molar-refractivity contribution >= 4 is 11.6 Å². The lowest BCUT2D eigenvalue weighted by molar-refractivity contribution is -0.0816. The van der Waals surface area contributed by atoms with Crippen LogP contribution >= 0.6 is 0 Å². The van der Waals surface area contributed by atoms with Crippen LogP contribution in [-0.2, 0) is 11.1 Å². The standard InChI is InChI=1S/C22H23F3N2O3/c1-20(2,3)15-10-8-14(9-11-15)19(28)27-21(29,13-18(26-27)22(23,24)25)16-6-5-7-17(12-16)30-4/h5-12,29H,13H2,1-4H3. The van der Waals surface area contributed by atoms with E-state index in [1.54, 1.807) is 18.2 Å². The lowest BCUT2D eigenvalue weighted by atomic mass is 9.86. The van der Waals surface area contributed by atoms with E-state index in [9.17, 15) is 23.1 Å². The molecule has 1 heterocycles. The first-order valence-corrected chi connectivity index (χ1v) is 9.33. The van der Waals surface area contributed by atoms with E-state index in [-0.39, 0.29) is 16.5 Å². The van der Waals surface area contributed by atoms with E-state index in [1.165, 1.54) is 37.4 Å². The number of halogens is 3. The number of methoxy groups -OCH3 is 1. The second-order valence-electron chi connectivity index (χ2n) is 8.21. The summed E-state index contributed by atoms with van der Waals surface area (Å²) in [5.41, 5.74) is -2.52. The third-order valence-electron chi connectivity index (χ3n) is 5.03. The van der Waals surface area contributed by atoms with Crippen LogP contribution in [0.5, 0.6) is 5.75 Å². The van der Waals surface area contributed by atoms with Crippen molar-refractivity contribution in [1.82, 2.24) is 5.01 Å². The van der Waals surface area contributed by atoms with Gasteiger partial charge in [0.1, 0.15) is 11.5 Å². The normalized spacial score (nSPS) is 19.6. The van der Waals surface area contributed by atoms with Crippen molar-refractivity contribution in [2.45, 2.75) is 44.5 Å². The van der Waals surface area contributed by atoms with Crippen molar-refractivity contribution in [1.29, 1.82) is 0 Å². The number of rotatable bonds is 3. The van der Waals surface area contributed by atoms with Gasteiger partial charge in [0.2, 0.25) is 0 Å². The van der Waals surface area contributed by atoms with Crippen LogP contribution in [0.4, 0.5) is 13.2 Å². The summed E-state index contributed by atoms with van der Waals surface area (Å²) in [5, 5.41) is 15.2. The Morgan fingerprint density at radius 3 is 2.30 bits per heavy atom. The third-order valence-corrected chi connectivity index (χ3v) is 5.03. The third kappa shape index (κ3) is 4.05. The highest BCUT2D eigenvalue weighted by atomic mass is 19.4. The summed E-state index contributed by atoms with van der Waals surface area (Å²) in [6, 6.07) is 12.5. The average molecular weight is 420 g/mol. The van der Waals surface area contributed by atoms with Gasteiger partial charge in [-0.25, -0.2) is 0 Å². The second-order valence-corrected chi connectivity index (χ2v) is 8.21. The molecule has 1 aliphatic heterocycles. The molecule has 1 unspecified atom stereocenters. The average Bonchev–Trinajstić information content (AvgIpc) is 3.06. The van der Waals surface area contributed by atoms with Gasteiger partial charge in [0, 0.05) is 11.1 Å². The molecular formula is C22H23F3N2O3. The van der Waals surface area contributed by atoms with Crippen molar-refractivity contribution in [2.24, 2.45) is 5.10 Å². The summed E-state index contributed by atoms with van der Waals surface area (Å²) in [4.78, 5) is 13.1. The minimum atomic E-state index is -4.78. The highest BCUT2D eigenvalue weighted by Gasteiger charge is 2.53. The van der Waals surface area contributed by atoms with Crippen LogP contribution in [0.2, 0.25) is 0 Å². The molecule has 1 N–H and O–H groups in total. The first-order valence-electron chi connectivity index (χ1n) is 9.33. The Balaban J connectivity index is 2.05. The molecule has 0 fully saturated rings. The van der Waals surface area contributed by atoms with Crippen LogP contribution in [0.15, 0.2) is 53.6 Å². The predicted octanol–water partition coefficient (Wildman–Crippen LogP) is 4.60. The number of alkyl halides is 3. The van der Waals surface area contributed by atoms with Gasteiger partial charge in [-0.2, -0.15) is 23.3 Å². The van der Waals surface area contributed by atoms with Gasteiger partial charge >= 0.3 is 6.18 Å². The first kappa shape index (κ1) is 21.8. The van der Waals surface area contributed by atoms with Gasteiger partial charge in [0.15, 0.2) is 5.72 Å². The maximum Gasteiger partial charge on any atom is 0.431 e. The van der Waals surface area contributed by atoms with Crippen molar-refractivity contribution < 1.29 is 27.8 Å². The van der Waals surface area contributed by atoms with Gasteiger partial charge in [-0.3, -0.25) is 4.79 Å². The summed E-state index contributed by atoms with van der Waals surface area (Å²) in [6.45, 7) is 6.02. The zero-order valence-electron chi connectivity index (χ0n) is 17.1. The largest absolute Gasteiger partial charge is 0.497 e. The Morgan fingerprint density at radius 2 is 1.77 bits per heavy atom. The van der Waals surface area contributed by atoms with E-state index in [2.05, 4.69) is 5.10 Å². The quantitative estimate of drug-likeness (QED) is 0.789. The number of carbonyl (C=O) groups excluding carboxylic acids is 1. The molecule has 0 aliphatic carbocycles. The number of amides is 1. The molecule has 0 bridgehead atoms. The van der Waals surface area contributed by atoms with Gasteiger partial charge in [0.25, 0.3) is 5.91 Å². The Morgan fingerprint density at radius 1 is 1.13 bits per heavy atom. The van der Waals surface area contributed by atoms with E-state index < -0.39 is 29.9 Å². The molecule has 0 spiro atoms. The molecular weight excluding hydrogens is 397 g/mol. The summed E-state index contributed by atoms with van der Waals surface area (Å²) in [5.74, 6) is -0.497. The molecule has 0 saturated carbocycles. The number of hydrogen-bond acceptors (Lipinski definition) is 4. The summed E-state index contributed by atoms with van der Waals surface area (Å²) < 4.78 is 45.3. The van der Waals surface area contributed by atoms with Crippen molar-refractivity contribution in [3.8, 4) is 5.75 Å². The van der Waals surface area contributed by atoms with Gasteiger partial charge in [0.05, 0.1) is 13.5 Å². The van der Waals surface area contributed by atoms with Crippen LogP contribution in [0.25, 0.3) is 0 Å². The lowest BCUT2D eigenvalue weighted by Gasteiger charge is -2.31. The van der Waals surface area contributed by atoms with Crippen molar-refractivity contribution in [3.63, 3.8) is 0 Å². The van der Waals surface area contributed by atoms with E-state index in [0.29, 0.717) is 10.8 Å². The Bertz CT molecular complexity index is 978. The highest BCUT2D eigenvalue weighted by molar-refractivity contribution is 5.99. The van der Waals surface area contributed by atoms with Crippen molar-refractivity contribution in [3.05, 3.63) is 65.2 Å². The van der Waals surface area contributed by atoms with E-state index in [1.807, 2.05) is 20.8 Å². The molecule has 2 aromatic rings. The molecule has 160 valence electrons.